The SMILES string of the molecule is CN(CC(=O)NC(=O)c1ccco1)CC(C)(C)CN. The maximum absolute atomic E-state index is 11.7. The Bertz CT molecular complexity index is 426. The maximum atomic E-state index is 11.7. The van der Waals surface area contributed by atoms with Gasteiger partial charge < -0.3 is 10.2 Å². The Balaban J connectivity index is 2.41. The predicted molar refractivity (Wildman–Crippen MR) is 71.5 cm³/mol. The first-order chi connectivity index (χ1) is 8.84. The molecule has 6 nitrogen and oxygen atoms in total. The molecule has 0 spiro atoms. The molecule has 19 heavy (non-hydrogen) atoms. The summed E-state index contributed by atoms with van der Waals surface area (Å²) >= 11 is 0. The molecular formula is C13H21N3O3. The Hall–Kier alpha value is -1.66. The zero-order valence-electron chi connectivity index (χ0n) is 11.6. The molecule has 0 radical (unpaired) electrons. The lowest BCUT2D eigenvalue weighted by Crippen LogP contribution is -2.43. The Morgan fingerprint density at radius 3 is 2.68 bits per heavy atom. The molecule has 0 bridgehead atoms. The highest BCUT2D eigenvalue weighted by atomic mass is 16.3. The van der Waals surface area contributed by atoms with E-state index in [1.165, 1.54) is 12.3 Å². The van der Waals surface area contributed by atoms with Crippen molar-refractivity contribution in [1.29, 1.82) is 0 Å². The number of nitrogens with two attached hydrogens (primary N) is 1. The number of hydrogen-bond acceptors (Lipinski definition) is 5. The lowest BCUT2D eigenvalue weighted by Gasteiger charge is -2.28. The number of furan rings is 1. The normalized spacial score (nSPS) is 11.6. The third-order valence-corrected chi connectivity index (χ3v) is 2.66. The van der Waals surface area contributed by atoms with Gasteiger partial charge in [-0.15, -0.1) is 0 Å². The second-order valence-electron chi connectivity index (χ2n) is 5.40. The minimum absolute atomic E-state index is 0.0694. The summed E-state index contributed by atoms with van der Waals surface area (Å²) in [7, 11) is 1.81. The molecule has 6 heteroatoms. The maximum Gasteiger partial charge on any atom is 0.293 e. The summed E-state index contributed by atoms with van der Waals surface area (Å²) in [5, 5.41) is 2.27. The summed E-state index contributed by atoms with van der Waals surface area (Å²) in [5.74, 6) is -0.767. The Kier molecular flexibility index (Phi) is 5.26. The molecule has 1 heterocycles. The summed E-state index contributed by atoms with van der Waals surface area (Å²) < 4.78 is 4.90. The summed E-state index contributed by atoms with van der Waals surface area (Å²) in [5.41, 5.74) is 5.57. The molecule has 2 amide bonds. The summed E-state index contributed by atoms with van der Waals surface area (Å²) in [6, 6.07) is 3.10. The second-order valence-corrected chi connectivity index (χ2v) is 5.40. The number of likely N-dealkylation sites (N-methyl/N-ethyl adjacent to an activating group) is 1. The fourth-order valence-electron chi connectivity index (χ4n) is 1.73. The molecule has 0 saturated heterocycles. The van der Waals surface area contributed by atoms with Gasteiger partial charge in [-0.1, -0.05) is 13.8 Å². The van der Waals surface area contributed by atoms with Gasteiger partial charge in [-0.05, 0) is 31.1 Å². The van der Waals surface area contributed by atoms with Crippen molar-refractivity contribution >= 4 is 11.8 Å². The van der Waals surface area contributed by atoms with Crippen LogP contribution in [0.5, 0.6) is 0 Å². The molecule has 0 unspecified atom stereocenters. The van der Waals surface area contributed by atoms with Crippen LogP contribution in [-0.2, 0) is 4.79 Å². The molecule has 0 aliphatic rings. The number of nitrogens with one attached hydrogen (secondary N) is 1. The van der Waals surface area contributed by atoms with Crippen LogP contribution < -0.4 is 11.1 Å². The van der Waals surface area contributed by atoms with Gasteiger partial charge in [-0.3, -0.25) is 19.8 Å². The first kappa shape index (κ1) is 15.4. The fraction of sp³-hybridized carbons (Fsp3) is 0.538. The van der Waals surface area contributed by atoms with Crippen molar-refractivity contribution in [2.75, 3.05) is 26.7 Å². The van der Waals surface area contributed by atoms with Crippen molar-refractivity contribution in [3.8, 4) is 0 Å². The third-order valence-electron chi connectivity index (χ3n) is 2.66. The van der Waals surface area contributed by atoms with Crippen molar-refractivity contribution in [2.24, 2.45) is 11.1 Å². The standard InChI is InChI=1S/C13H21N3O3/c1-13(2,8-14)9-16(3)7-11(17)15-12(18)10-5-4-6-19-10/h4-6H,7-9,14H2,1-3H3,(H,15,17,18). The minimum atomic E-state index is -0.526. The van der Waals surface area contributed by atoms with Crippen molar-refractivity contribution in [1.82, 2.24) is 10.2 Å². The van der Waals surface area contributed by atoms with Crippen LogP contribution in [0.4, 0.5) is 0 Å². The smallest absolute Gasteiger partial charge is 0.293 e. The van der Waals surface area contributed by atoms with E-state index < -0.39 is 5.91 Å². The Morgan fingerprint density at radius 1 is 1.47 bits per heavy atom. The van der Waals surface area contributed by atoms with Crippen LogP contribution in [-0.4, -0.2) is 43.4 Å². The number of carbonyl (C=O) groups is 2. The van der Waals surface area contributed by atoms with Crippen LogP contribution in [0.25, 0.3) is 0 Å². The minimum Gasteiger partial charge on any atom is -0.459 e. The van der Waals surface area contributed by atoms with Gasteiger partial charge in [0, 0.05) is 6.54 Å². The molecule has 0 aliphatic carbocycles. The van der Waals surface area contributed by atoms with E-state index in [-0.39, 0.29) is 23.6 Å². The topological polar surface area (TPSA) is 88.6 Å². The van der Waals surface area contributed by atoms with Crippen molar-refractivity contribution in [3.05, 3.63) is 24.2 Å². The molecule has 3 N–H and O–H groups in total. The van der Waals surface area contributed by atoms with Gasteiger partial charge in [0.25, 0.3) is 5.91 Å². The zero-order chi connectivity index (χ0) is 14.5. The van der Waals surface area contributed by atoms with Crippen LogP contribution in [0, 0.1) is 5.41 Å². The van der Waals surface area contributed by atoms with Gasteiger partial charge in [0.05, 0.1) is 12.8 Å². The number of hydrogen-bond donors (Lipinski definition) is 2. The first-order valence-electron chi connectivity index (χ1n) is 6.10. The first-order valence-corrected chi connectivity index (χ1v) is 6.10. The number of nitrogens with zero attached hydrogens (tertiary/aromatic N) is 1. The summed E-state index contributed by atoms with van der Waals surface area (Å²) in [6.07, 6.45) is 1.38. The Labute approximate surface area is 112 Å². The van der Waals surface area contributed by atoms with E-state index in [1.54, 1.807) is 6.07 Å². The van der Waals surface area contributed by atoms with E-state index >= 15 is 0 Å². The fourth-order valence-corrected chi connectivity index (χ4v) is 1.73. The summed E-state index contributed by atoms with van der Waals surface area (Å²) in [4.78, 5) is 25.1. The molecule has 0 saturated carbocycles. The van der Waals surface area contributed by atoms with Crippen LogP contribution >= 0.6 is 0 Å². The van der Waals surface area contributed by atoms with Crippen LogP contribution in [0.15, 0.2) is 22.8 Å². The average Bonchev–Trinajstić information content (AvgIpc) is 2.81. The monoisotopic (exact) mass is 267 g/mol. The largest absolute Gasteiger partial charge is 0.459 e. The number of imide groups is 1. The lowest BCUT2D eigenvalue weighted by atomic mass is 9.93. The van der Waals surface area contributed by atoms with Gasteiger partial charge in [-0.25, -0.2) is 0 Å². The third kappa shape index (κ3) is 5.23. The number of rotatable bonds is 6. The quantitative estimate of drug-likeness (QED) is 0.781. The van der Waals surface area contributed by atoms with Crippen molar-refractivity contribution in [2.45, 2.75) is 13.8 Å². The van der Waals surface area contributed by atoms with Crippen LogP contribution in [0.1, 0.15) is 24.4 Å². The molecule has 0 atom stereocenters. The van der Waals surface area contributed by atoms with Crippen molar-refractivity contribution in [3.63, 3.8) is 0 Å². The van der Waals surface area contributed by atoms with E-state index in [2.05, 4.69) is 5.32 Å². The van der Waals surface area contributed by atoms with E-state index in [9.17, 15) is 9.59 Å². The van der Waals surface area contributed by atoms with Crippen LogP contribution in [0.2, 0.25) is 0 Å². The molecule has 1 aromatic rings. The van der Waals surface area contributed by atoms with Gasteiger partial charge in [0.15, 0.2) is 5.76 Å². The van der Waals surface area contributed by atoms with Gasteiger partial charge in [-0.2, -0.15) is 0 Å². The highest BCUT2D eigenvalue weighted by Crippen LogP contribution is 2.13. The highest BCUT2D eigenvalue weighted by Gasteiger charge is 2.20. The molecule has 1 aromatic heterocycles. The molecule has 0 aliphatic heterocycles. The van der Waals surface area contributed by atoms with E-state index in [0.717, 1.165) is 0 Å². The second kappa shape index (κ2) is 6.49. The molecule has 0 fully saturated rings. The van der Waals surface area contributed by atoms with Crippen LogP contribution in [0.3, 0.4) is 0 Å². The number of carbonyl (C=O) groups excluding carboxylic acids is 2. The van der Waals surface area contributed by atoms with E-state index in [1.807, 2.05) is 25.8 Å². The Morgan fingerprint density at radius 2 is 2.16 bits per heavy atom. The molecule has 106 valence electrons. The van der Waals surface area contributed by atoms with Gasteiger partial charge in [0.1, 0.15) is 0 Å². The average molecular weight is 267 g/mol. The predicted octanol–water partition coefficient (Wildman–Crippen LogP) is 0.453. The van der Waals surface area contributed by atoms with Gasteiger partial charge >= 0.3 is 0 Å². The van der Waals surface area contributed by atoms with Gasteiger partial charge in [0.2, 0.25) is 5.91 Å². The molecule has 0 aromatic carbocycles. The van der Waals surface area contributed by atoms with E-state index in [4.69, 9.17) is 10.2 Å². The molecular weight excluding hydrogens is 246 g/mol. The highest BCUT2D eigenvalue weighted by molar-refractivity contribution is 6.03. The number of amides is 2. The summed E-state index contributed by atoms with van der Waals surface area (Å²) in [6.45, 7) is 5.39. The molecule has 1 rings (SSSR count). The van der Waals surface area contributed by atoms with E-state index in [0.29, 0.717) is 13.1 Å². The zero-order valence-corrected chi connectivity index (χ0v) is 11.6. The van der Waals surface area contributed by atoms with Crippen molar-refractivity contribution < 1.29 is 14.0 Å². The lowest BCUT2D eigenvalue weighted by molar-refractivity contribution is -0.121.